The SMILES string of the molecule is C=CC(=O)OCCCCCCCCCCCCCC(CCCCCCCCC)(CCCCCCCCCCCCCOC(=O)C=C)CCCCCOC(=O)C=C. The highest BCUT2D eigenvalue weighted by Gasteiger charge is 2.28. The summed E-state index contributed by atoms with van der Waals surface area (Å²) in [7, 11) is 0. The van der Waals surface area contributed by atoms with E-state index in [4.69, 9.17) is 14.2 Å². The lowest BCUT2D eigenvalue weighted by Crippen LogP contribution is -2.21. The molecule has 0 N–H and O–H groups in total. The van der Waals surface area contributed by atoms with Crippen LogP contribution in [0.25, 0.3) is 0 Å². The summed E-state index contributed by atoms with van der Waals surface area (Å²) in [4.78, 5) is 33.8. The molecule has 0 bridgehead atoms. The standard InChI is InChI=1S/C50H90O6/c1-5-9-10-11-22-27-33-40-50(43-36-32-39-46-56-49(53)8-4,41-34-28-23-18-14-12-16-20-25-30-37-44-54-47(51)6-2)42-35-29-24-19-15-13-17-21-26-31-38-45-55-48(52)7-3/h6-8H,2-5,9-46H2,1H3. The number of carbonyl (C=O) groups is 3. The maximum absolute atomic E-state index is 11.5. The number of carbonyl (C=O) groups excluding carboxylic acids is 3. The Morgan fingerprint density at radius 2 is 0.536 bits per heavy atom. The number of hydrogen-bond acceptors (Lipinski definition) is 6. The monoisotopic (exact) mass is 787 g/mol. The minimum absolute atomic E-state index is 0.306. The lowest BCUT2D eigenvalue weighted by atomic mass is 9.70. The maximum atomic E-state index is 11.5. The molecular weight excluding hydrogens is 697 g/mol. The van der Waals surface area contributed by atoms with Gasteiger partial charge in [0.1, 0.15) is 0 Å². The predicted octanol–water partition coefficient (Wildman–Crippen LogP) is 15.2. The van der Waals surface area contributed by atoms with E-state index < -0.39 is 0 Å². The van der Waals surface area contributed by atoms with Crippen LogP contribution in [0, 0.1) is 5.41 Å². The summed E-state index contributed by atoms with van der Waals surface area (Å²) >= 11 is 0. The van der Waals surface area contributed by atoms with Gasteiger partial charge in [0.05, 0.1) is 19.8 Å². The van der Waals surface area contributed by atoms with E-state index in [-0.39, 0.29) is 17.9 Å². The Morgan fingerprint density at radius 3 is 0.768 bits per heavy atom. The van der Waals surface area contributed by atoms with Crippen LogP contribution in [0.5, 0.6) is 0 Å². The molecule has 0 heterocycles. The van der Waals surface area contributed by atoms with Gasteiger partial charge in [-0.15, -0.1) is 0 Å². The second kappa shape index (κ2) is 42.2. The van der Waals surface area contributed by atoms with E-state index in [0.29, 0.717) is 25.2 Å². The van der Waals surface area contributed by atoms with Gasteiger partial charge in [0.15, 0.2) is 0 Å². The summed E-state index contributed by atoms with van der Waals surface area (Å²) in [5.74, 6) is -0.935. The summed E-state index contributed by atoms with van der Waals surface area (Å²) < 4.78 is 15.4. The topological polar surface area (TPSA) is 78.9 Å². The van der Waals surface area contributed by atoms with Crippen molar-refractivity contribution in [3.63, 3.8) is 0 Å². The number of hydrogen-bond donors (Lipinski definition) is 0. The van der Waals surface area contributed by atoms with Crippen LogP contribution in [0.3, 0.4) is 0 Å². The molecule has 0 rings (SSSR count). The highest BCUT2D eigenvalue weighted by molar-refractivity contribution is 5.81. The van der Waals surface area contributed by atoms with E-state index in [1.54, 1.807) is 0 Å². The first kappa shape index (κ1) is 53.6. The van der Waals surface area contributed by atoms with Gasteiger partial charge < -0.3 is 14.2 Å². The van der Waals surface area contributed by atoms with E-state index in [1.807, 2.05) is 0 Å². The molecule has 6 nitrogen and oxygen atoms in total. The average molecular weight is 787 g/mol. The van der Waals surface area contributed by atoms with Crippen LogP contribution < -0.4 is 0 Å². The van der Waals surface area contributed by atoms with Gasteiger partial charge in [0.2, 0.25) is 0 Å². The van der Waals surface area contributed by atoms with Crippen LogP contribution >= 0.6 is 0 Å². The Balaban J connectivity index is 4.73. The zero-order valence-corrected chi connectivity index (χ0v) is 36.9. The number of ether oxygens (including phenoxy) is 3. The Bertz CT molecular complexity index is 894. The van der Waals surface area contributed by atoms with Crippen LogP contribution in [0.1, 0.15) is 238 Å². The van der Waals surface area contributed by atoms with Crippen molar-refractivity contribution < 1.29 is 28.6 Å². The third-order valence-electron chi connectivity index (χ3n) is 11.6. The summed E-state index contributed by atoms with van der Waals surface area (Å²) in [6.07, 6.45) is 50.3. The molecule has 0 aliphatic heterocycles. The Labute approximate surface area is 346 Å². The van der Waals surface area contributed by atoms with Gasteiger partial charge in [-0.3, -0.25) is 0 Å². The molecule has 0 radical (unpaired) electrons. The molecule has 56 heavy (non-hydrogen) atoms. The fourth-order valence-electron chi connectivity index (χ4n) is 8.07. The van der Waals surface area contributed by atoms with Crippen LogP contribution in [0.2, 0.25) is 0 Å². The Kier molecular flexibility index (Phi) is 40.5. The highest BCUT2D eigenvalue weighted by atomic mass is 16.5. The van der Waals surface area contributed by atoms with E-state index in [1.165, 1.54) is 211 Å². The van der Waals surface area contributed by atoms with Crippen molar-refractivity contribution in [1.29, 1.82) is 0 Å². The maximum Gasteiger partial charge on any atom is 0.330 e. The van der Waals surface area contributed by atoms with Gasteiger partial charge >= 0.3 is 17.9 Å². The van der Waals surface area contributed by atoms with Crippen molar-refractivity contribution >= 4 is 17.9 Å². The van der Waals surface area contributed by atoms with E-state index in [9.17, 15) is 14.4 Å². The first-order valence-corrected chi connectivity index (χ1v) is 23.8. The predicted molar refractivity (Wildman–Crippen MR) is 238 cm³/mol. The zero-order valence-electron chi connectivity index (χ0n) is 36.9. The molecule has 0 fully saturated rings. The van der Waals surface area contributed by atoms with Crippen molar-refractivity contribution in [2.45, 2.75) is 238 Å². The molecule has 0 unspecified atom stereocenters. The van der Waals surface area contributed by atoms with Crippen molar-refractivity contribution in [3.05, 3.63) is 38.0 Å². The van der Waals surface area contributed by atoms with Gasteiger partial charge in [0, 0.05) is 18.2 Å². The van der Waals surface area contributed by atoms with E-state index in [2.05, 4.69) is 26.7 Å². The smallest absolute Gasteiger partial charge is 0.330 e. The van der Waals surface area contributed by atoms with Crippen molar-refractivity contribution in [2.75, 3.05) is 19.8 Å². The Morgan fingerprint density at radius 1 is 0.339 bits per heavy atom. The van der Waals surface area contributed by atoms with Gasteiger partial charge in [-0.05, 0) is 50.4 Å². The van der Waals surface area contributed by atoms with E-state index >= 15 is 0 Å². The highest BCUT2D eigenvalue weighted by Crippen LogP contribution is 2.42. The molecule has 0 aromatic carbocycles. The number of esters is 3. The van der Waals surface area contributed by atoms with Crippen LogP contribution in [-0.4, -0.2) is 37.7 Å². The quantitative estimate of drug-likeness (QED) is 0.0265. The third-order valence-corrected chi connectivity index (χ3v) is 11.6. The van der Waals surface area contributed by atoms with Crippen LogP contribution in [0.4, 0.5) is 0 Å². The van der Waals surface area contributed by atoms with Gasteiger partial charge in [-0.2, -0.15) is 0 Å². The molecule has 0 aromatic rings. The van der Waals surface area contributed by atoms with Crippen molar-refractivity contribution in [1.82, 2.24) is 0 Å². The summed E-state index contributed by atoms with van der Waals surface area (Å²) in [5.41, 5.74) is 0.467. The summed E-state index contributed by atoms with van der Waals surface area (Å²) in [5, 5.41) is 0. The minimum atomic E-state index is -0.315. The number of rotatable bonds is 45. The van der Waals surface area contributed by atoms with Gasteiger partial charge in [-0.1, -0.05) is 213 Å². The first-order chi connectivity index (χ1) is 27.4. The zero-order chi connectivity index (χ0) is 41.1. The summed E-state index contributed by atoms with van der Waals surface area (Å²) in [6.45, 7) is 14.2. The first-order valence-electron chi connectivity index (χ1n) is 23.8. The molecule has 0 aromatic heterocycles. The molecule has 0 saturated carbocycles. The normalized spacial score (nSPS) is 11.3. The molecule has 0 amide bonds. The second-order valence-electron chi connectivity index (χ2n) is 16.6. The second-order valence-corrected chi connectivity index (χ2v) is 16.6. The van der Waals surface area contributed by atoms with Crippen LogP contribution in [0.15, 0.2) is 38.0 Å². The fraction of sp³-hybridized carbons (Fsp3) is 0.820. The Hall–Kier alpha value is -2.37. The van der Waals surface area contributed by atoms with Crippen molar-refractivity contribution in [2.24, 2.45) is 5.41 Å². The number of unbranched alkanes of at least 4 members (excludes halogenated alkanes) is 28. The largest absolute Gasteiger partial charge is 0.463 e. The van der Waals surface area contributed by atoms with Crippen molar-refractivity contribution in [3.8, 4) is 0 Å². The average Bonchev–Trinajstić information content (AvgIpc) is 3.21. The molecule has 0 saturated heterocycles. The molecule has 0 aliphatic rings. The molecule has 0 atom stereocenters. The molecular formula is C50H90O6. The molecule has 6 heteroatoms. The fourth-order valence-corrected chi connectivity index (χ4v) is 8.07. The van der Waals surface area contributed by atoms with Gasteiger partial charge in [-0.25, -0.2) is 14.4 Å². The molecule has 326 valence electrons. The minimum Gasteiger partial charge on any atom is -0.463 e. The summed E-state index contributed by atoms with van der Waals surface area (Å²) in [6, 6.07) is 0. The lowest BCUT2D eigenvalue weighted by Gasteiger charge is -2.35. The lowest BCUT2D eigenvalue weighted by molar-refractivity contribution is -0.138. The third kappa shape index (κ3) is 37.2. The van der Waals surface area contributed by atoms with Crippen LogP contribution in [-0.2, 0) is 28.6 Å². The molecule has 0 spiro atoms. The molecule has 0 aliphatic carbocycles. The van der Waals surface area contributed by atoms with E-state index in [0.717, 1.165) is 38.5 Å². The van der Waals surface area contributed by atoms with Gasteiger partial charge in [0.25, 0.3) is 0 Å².